The standard InChI is InChI=1S/C35H30N8O5/c36-31-29-30(20-6-9-24(10-7-20)48-23-4-2-1-3-5-23)40-43(32(29)38-19-37-31)21-14-16-41(17-15-21)22-8-11-25-26(18-22)35(47)42(34(25)46)27-12-13-28(44)39-33(27)45/h1-11,18-19,21,27H,12-17H2,(H2,36,37,38)(H,39,44,45). The first kappa shape index (κ1) is 29.3. The maximum atomic E-state index is 13.4. The maximum Gasteiger partial charge on any atom is 0.262 e. The lowest BCUT2D eigenvalue weighted by molar-refractivity contribution is -0.136. The number of hydrogen-bond acceptors (Lipinski definition) is 10. The lowest BCUT2D eigenvalue weighted by Crippen LogP contribution is -2.54. The van der Waals surface area contributed by atoms with Crippen LogP contribution in [-0.2, 0) is 9.59 Å². The Labute approximate surface area is 274 Å². The maximum absolute atomic E-state index is 13.4. The second kappa shape index (κ2) is 11.6. The number of nitrogens with two attached hydrogens (primary N) is 1. The van der Waals surface area contributed by atoms with Gasteiger partial charge in [-0.05, 0) is 73.9 Å². The van der Waals surface area contributed by atoms with E-state index in [2.05, 4.69) is 20.2 Å². The number of rotatable bonds is 6. The van der Waals surface area contributed by atoms with Crippen LogP contribution in [0.4, 0.5) is 11.5 Å². The molecule has 240 valence electrons. The van der Waals surface area contributed by atoms with E-state index >= 15 is 0 Å². The van der Waals surface area contributed by atoms with Gasteiger partial charge in [0.25, 0.3) is 11.8 Å². The molecule has 3 aromatic carbocycles. The quantitative estimate of drug-likeness (QED) is 0.258. The first-order chi connectivity index (χ1) is 23.4. The van der Waals surface area contributed by atoms with Crippen LogP contribution in [0.1, 0.15) is 52.4 Å². The number of hydrogen-bond donors (Lipinski definition) is 2. The van der Waals surface area contributed by atoms with Gasteiger partial charge in [0.1, 0.15) is 35.4 Å². The average Bonchev–Trinajstić information content (AvgIpc) is 3.61. The van der Waals surface area contributed by atoms with Crippen LogP contribution in [0.2, 0.25) is 0 Å². The summed E-state index contributed by atoms with van der Waals surface area (Å²) in [6.45, 7) is 1.34. The minimum absolute atomic E-state index is 0.0353. The Bertz CT molecular complexity index is 2110. The Balaban J connectivity index is 1.00. The van der Waals surface area contributed by atoms with Gasteiger partial charge in [-0.1, -0.05) is 18.2 Å². The monoisotopic (exact) mass is 642 g/mol. The molecule has 4 amide bonds. The van der Waals surface area contributed by atoms with Gasteiger partial charge >= 0.3 is 0 Å². The highest BCUT2D eigenvalue weighted by molar-refractivity contribution is 6.23. The number of para-hydroxylation sites is 1. The third-order valence-corrected chi connectivity index (χ3v) is 9.22. The van der Waals surface area contributed by atoms with Gasteiger partial charge < -0.3 is 15.4 Å². The Hall–Kier alpha value is -6.11. The van der Waals surface area contributed by atoms with Gasteiger partial charge in [0, 0.05) is 30.8 Å². The summed E-state index contributed by atoms with van der Waals surface area (Å²) in [4.78, 5) is 62.5. The van der Waals surface area contributed by atoms with E-state index in [0.29, 0.717) is 41.4 Å². The molecule has 0 spiro atoms. The summed E-state index contributed by atoms with van der Waals surface area (Å²) in [7, 11) is 0. The molecule has 0 aliphatic carbocycles. The number of carbonyl (C=O) groups excluding carboxylic acids is 4. The number of aromatic nitrogens is 4. The fourth-order valence-corrected chi connectivity index (χ4v) is 6.78. The van der Waals surface area contributed by atoms with Gasteiger partial charge in [-0.25, -0.2) is 14.6 Å². The topological polar surface area (TPSA) is 166 Å². The van der Waals surface area contributed by atoms with Crippen LogP contribution in [0.25, 0.3) is 22.3 Å². The van der Waals surface area contributed by atoms with Crippen LogP contribution in [0, 0.1) is 0 Å². The second-order valence-electron chi connectivity index (χ2n) is 12.1. The predicted octanol–water partition coefficient (Wildman–Crippen LogP) is 4.11. The first-order valence-electron chi connectivity index (χ1n) is 15.8. The van der Waals surface area contributed by atoms with Crippen molar-refractivity contribution in [3.63, 3.8) is 0 Å². The van der Waals surface area contributed by atoms with E-state index < -0.39 is 29.7 Å². The first-order valence-corrected chi connectivity index (χ1v) is 15.8. The van der Waals surface area contributed by atoms with E-state index in [4.69, 9.17) is 15.6 Å². The number of benzene rings is 3. The SMILES string of the molecule is Nc1ncnc2c1c(-c1ccc(Oc3ccccc3)cc1)nn2C1CCN(c2ccc3c(c2)C(=O)N(C2CCC(=O)NC2=O)C3=O)CC1. The molecule has 0 radical (unpaired) electrons. The van der Waals surface area contributed by atoms with Gasteiger partial charge in [0.15, 0.2) is 5.65 Å². The van der Waals surface area contributed by atoms with Crippen molar-refractivity contribution >= 4 is 46.2 Å². The minimum atomic E-state index is -0.999. The fraction of sp³-hybridized carbons (Fsp3) is 0.229. The summed E-state index contributed by atoms with van der Waals surface area (Å²) in [5.41, 5.74) is 9.93. The number of ether oxygens (including phenoxy) is 1. The van der Waals surface area contributed by atoms with Gasteiger partial charge in [0.05, 0.1) is 22.6 Å². The van der Waals surface area contributed by atoms with Crippen molar-refractivity contribution in [1.82, 2.24) is 30.0 Å². The van der Waals surface area contributed by atoms with Crippen molar-refractivity contribution in [3.05, 3.63) is 90.3 Å². The zero-order valence-corrected chi connectivity index (χ0v) is 25.7. The van der Waals surface area contributed by atoms with Crippen molar-refractivity contribution < 1.29 is 23.9 Å². The molecule has 1 unspecified atom stereocenters. The number of nitrogen functional groups attached to an aromatic ring is 1. The number of anilines is 2. The number of imide groups is 2. The summed E-state index contributed by atoms with van der Waals surface area (Å²) in [6, 6.07) is 21.5. The van der Waals surface area contributed by atoms with Crippen molar-refractivity contribution in [2.75, 3.05) is 23.7 Å². The van der Waals surface area contributed by atoms with E-state index in [9.17, 15) is 19.2 Å². The molecule has 5 aromatic rings. The average molecular weight is 643 g/mol. The Morgan fingerprint density at radius 2 is 1.54 bits per heavy atom. The van der Waals surface area contributed by atoms with Crippen LogP contribution in [0.5, 0.6) is 11.5 Å². The molecule has 0 bridgehead atoms. The molecule has 13 nitrogen and oxygen atoms in total. The number of nitrogens with one attached hydrogen (secondary N) is 1. The third kappa shape index (κ3) is 5.00. The van der Waals surface area contributed by atoms with Crippen molar-refractivity contribution in [2.24, 2.45) is 0 Å². The highest BCUT2D eigenvalue weighted by atomic mass is 16.5. The smallest absolute Gasteiger partial charge is 0.262 e. The summed E-state index contributed by atoms with van der Waals surface area (Å²) in [5.74, 6) is -0.267. The zero-order chi connectivity index (χ0) is 32.9. The lowest BCUT2D eigenvalue weighted by atomic mass is 10.0. The van der Waals surface area contributed by atoms with E-state index in [0.717, 1.165) is 34.7 Å². The molecule has 2 aromatic heterocycles. The Morgan fingerprint density at radius 1 is 0.812 bits per heavy atom. The summed E-state index contributed by atoms with van der Waals surface area (Å²) < 4.78 is 7.90. The van der Waals surface area contributed by atoms with Crippen LogP contribution in [0.3, 0.4) is 0 Å². The van der Waals surface area contributed by atoms with Gasteiger partial charge in [0.2, 0.25) is 11.8 Å². The Morgan fingerprint density at radius 3 is 2.29 bits per heavy atom. The summed E-state index contributed by atoms with van der Waals surface area (Å²) in [6.07, 6.45) is 3.13. The van der Waals surface area contributed by atoms with Crippen LogP contribution >= 0.6 is 0 Å². The molecule has 8 rings (SSSR count). The van der Waals surface area contributed by atoms with Crippen LogP contribution < -0.4 is 20.7 Å². The molecule has 3 N–H and O–H groups in total. The third-order valence-electron chi connectivity index (χ3n) is 9.22. The van der Waals surface area contributed by atoms with E-state index in [1.54, 1.807) is 12.1 Å². The fourth-order valence-electron chi connectivity index (χ4n) is 6.78. The summed E-state index contributed by atoms with van der Waals surface area (Å²) >= 11 is 0. The number of amides is 4. The Kier molecular flexibility index (Phi) is 7.08. The van der Waals surface area contributed by atoms with Crippen LogP contribution in [0.15, 0.2) is 79.1 Å². The predicted molar refractivity (Wildman–Crippen MR) is 175 cm³/mol. The van der Waals surface area contributed by atoms with Gasteiger partial charge in [-0.2, -0.15) is 5.10 Å². The highest BCUT2D eigenvalue weighted by Crippen LogP contribution is 2.37. The number of piperidine rings is 2. The van der Waals surface area contributed by atoms with Crippen molar-refractivity contribution in [2.45, 2.75) is 37.8 Å². The molecule has 0 saturated carbocycles. The number of carbonyl (C=O) groups is 4. The molecular weight excluding hydrogens is 612 g/mol. The molecule has 3 aliphatic heterocycles. The summed E-state index contributed by atoms with van der Waals surface area (Å²) in [5, 5.41) is 7.94. The normalized spacial score (nSPS) is 18.4. The zero-order valence-electron chi connectivity index (χ0n) is 25.7. The minimum Gasteiger partial charge on any atom is -0.457 e. The number of fused-ring (bicyclic) bond motifs is 2. The van der Waals surface area contributed by atoms with Crippen molar-refractivity contribution in [3.8, 4) is 22.8 Å². The van der Waals surface area contributed by atoms with E-state index in [-0.39, 0.29) is 30.0 Å². The number of nitrogens with zero attached hydrogens (tertiary/aromatic N) is 6. The molecule has 13 heteroatoms. The lowest BCUT2D eigenvalue weighted by Gasteiger charge is -2.34. The van der Waals surface area contributed by atoms with Gasteiger partial charge in [-0.3, -0.25) is 29.4 Å². The second-order valence-corrected chi connectivity index (χ2v) is 12.1. The largest absolute Gasteiger partial charge is 0.457 e. The molecule has 1 atom stereocenters. The molecule has 2 fully saturated rings. The molecular formula is C35H30N8O5. The molecule has 3 aliphatic rings. The van der Waals surface area contributed by atoms with Crippen molar-refractivity contribution in [1.29, 1.82) is 0 Å². The highest BCUT2D eigenvalue weighted by Gasteiger charge is 2.44. The van der Waals surface area contributed by atoms with Crippen LogP contribution in [-0.4, -0.2) is 67.4 Å². The molecule has 5 heterocycles. The van der Waals surface area contributed by atoms with E-state index in [1.807, 2.05) is 65.3 Å². The molecule has 48 heavy (non-hydrogen) atoms. The van der Waals surface area contributed by atoms with E-state index in [1.165, 1.54) is 6.33 Å². The van der Waals surface area contributed by atoms with Gasteiger partial charge in [-0.15, -0.1) is 0 Å². The molecule has 2 saturated heterocycles.